The highest BCUT2D eigenvalue weighted by atomic mass is 35.5. The molecule has 0 aliphatic carbocycles. The summed E-state index contributed by atoms with van der Waals surface area (Å²) in [6, 6.07) is 21.4. The molecule has 0 bridgehead atoms. The average Bonchev–Trinajstić information content (AvgIpc) is 2.71. The van der Waals surface area contributed by atoms with E-state index in [0.717, 1.165) is 0 Å². The third kappa shape index (κ3) is 5.18. The maximum Gasteiger partial charge on any atom is 0.265 e. The molecule has 0 aliphatic heterocycles. The van der Waals surface area contributed by atoms with Crippen LogP contribution in [-0.2, 0) is 4.79 Å². The van der Waals surface area contributed by atoms with Gasteiger partial charge in [-0.2, -0.15) is 0 Å². The Morgan fingerprint density at radius 3 is 2.29 bits per heavy atom. The Hall–Kier alpha value is -3.18. The lowest BCUT2D eigenvalue weighted by molar-refractivity contribution is -0.122. The van der Waals surface area contributed by atoms with Gasteiger partial charge in [-0.25, -0.2) is 0 Å². The normalized spacial score (nSPS) is 11.4. The maximum absolute atomic E-state index is 12.6. The molecule has 0 heterocycles. The van der Waals surface area contributed by atoms with E-state index in [2.05, 4.69) is 5.32 Å². The van der Waals surface area contributed by atoms with Crippen molar-refractivity contribution in [2.24, 2.45) is 0 Å². The number of ether oxygens (including phenoxy) is 3. The molecular formula is C22H20ClNO4. The number of carbonyl (C=O) groups is 1. The van der Waals surface area contributed by atoms with Crippen molar-refractivity contribution < 1.29 is 19.0 Å². The molecule has 28 heavy (non-hydrogen) atoms. The van der Waals surface area contributed by atoms with Crippen LogP contribution in [0.3, 0.4) is 0 Å². The third-order valence-corrected chi connectivity index (χ3v) is 4.15. The lowest BCUT2D eigenvalue weighted by Gasteiger charge is -2.17. The number of hydrogen-bond acceptors (Lipinski definition) is 4. The molecule has 0 saturated carbocycles. The van der Waals surface area contributed by atoms with Crippen molar-refractivity contribution in [3.8, 4) is 23.0 Å². The number of rotatable bonds is 7. The van der Waals surface area contributed by atoms with Crippen LogP contribution in [0, 0.1) is 0 Å². The van der Waals surface area contributed by atoms with Gasteiger partial charge in [0, 0.05) is 5.02 Å². The first kappa shape index (κ1) is 19.6. The predicted octanol–water partition coefficient (Wildman–Crippen LogP) is 5.55. The van der Waals surface area contributed by atoms with Gasteiger partial charge in [-0.3, -0.25) is 4.79 Å². The van der Waals surface area contributed by atoms with Crippen molar-refractivity contribution >= 4 is 23.2 Å². The lowest BCUT2D eigenvalue weighted by atomic mass is 10.2. The first-order valence-electron chi connectivity index (χ1n) is 8.69. The molecule has 144 valence electrons. The van der Waals surface area contributed by atoms with Crippen LogP contribution in [0.4, 0.5) is 5.69 Å². The summed E-state index contributed by atoms with van der Waals surface area (Å²) in [5, 5.41) is 3.30. The maximum atomic E-state index is 12.6. The Balaban J connectivity index is 1.70. The Labute approximate surface area is 168 Å². The summed E-state index contributed by atoms with van der Waals surface area (Å²) in [6.07, 6.45) is -0.725. The molecule has 0 saturated heterocycles. The number of benzene rings is 3. The second kappa shape index (κ2) is 9.15. The van der Waals surface area contributed by atoms with Crippen molar-refractivity contribution in [3.63, 3.8) is 0 Å². The summed E-state index contributed by atoms with van der Waals surface area (Å²) in [5.41, 5.74) is 0.464. The second-order valence-corrected chi connectivity index (χ2v) is 6.42. The standard InChI is InChI=1S/C22H20ClNO4/c1-15(27-19-11-9-17(26-2)10-12-19)22(25)24-20-14-16(23)8-13-21(20)28-18-6-4-3-5-7-18/h3-15H,1-2H3,(H,24,25)/t15-/m1/s1. The predicted molar refractivity (Wildman–Crippen MR) is 110 cm³/mol. The molecule has 1 N–H and O–H groups in total. The molecular weight excluding hydrogens is 378 g/mol. The summed E-state index contributed by atoms with van der Waals surface area (Å²) >= 11 is 6.09. The fourth-order valence-corrected chi connectivity index (χ4v) is 2.62. The smallest absolute Gasteiger partial charge is 0.265 e. The molecule has 0 fully saturated rings. The minimum atomic E-state index is -0.725. The van der Waals surface area contributed by atoms with E-state index < -0.39 is 6.10 Å². The minimum Gasteiger partial charge on any atom is -0.497 e. The molecule has 5 nitrogen and oxygen atoms in total. The van der Waals surface area contributed by atoms with Crippen molar-refractivity contribution in [1.82, 2.24) is 0 Å². The molecule has 0 spiro atoms. The van der Waals surface area contributed by atoms with Gasteiger partial charge in [-0.1, -0.05) is 29.8 Å². The quantitative estimate of drug-likeness (QED) is 0.568. The fourth-order valence-electron chi connectivity index (χ4n) is 2.45. The van der Waals surface area contributed by atoms with Gasteiger partial charge in [0.15, 0.2) is 11.9 Å². The molecule has 1 atom stereocenters. The zero-order valence-corrected chi connectivity index (χ0v) is 16.3. The Kier molecular flexibility index (Phi) is 6.40. The molecule has 3 aromatic rings. The Bertz CT molecular complexity index is 929. The van der Waals surface area contributed by atoms with E-state index in [-0.39, 0.29) is 5.91 Å². The third-order valence-electron chi connectivity index (χ3n) is 3.91. The fraction of sp³-hybridized carbons (Fsp3) is 0.136. The van der Waals surface area contributed by atoms with Gasteiger partial charge in [0.05, 0.1) is 12.8 Å². The van der Waals surface area contributed by atoms with Gasteiger partial charge in [-0.05, 0) is 61.5 Å². The van der Waals surface area contributed by atoms with Crippen LogP contribution in [0.15, 0.2) is 72.8 Å². The molecule has 0 radical (unpaired) electrons. The van der Waals surface area contributed by atoms with Crippen molar-refractivity contribution in [2.75, 3.05) is 12.4 Å². The number of methoxy groups -OCH3 is 1. The SMILES string of the molecule is COc1ccc(O[C@H](C)C(=O)Nc2cc(Cl)ccc2Oc2ccccc2)cc1. The van der Waals surface area contributed by atoms with E-state index in [4.69, 9.17) is 25.8 Å². The highest BCUT2D eigenvalue weighted by Gasteiger charge is 2.17. The number of carbonyl (C=O) groups excluding carboxylic acids is 1. The molecule has 3 rings (SSSR count). The highest BCUT2D eigenvalue weighted by molar-refractivity contribution is 6.31. The number of para-hydroxylation sites is 1. The number of amides is 1. The number of anilines is 1. The van der Waals surface area contributed by atoms with Gasteiger partial charge in [-0.15, -0.1) is 0 Å². The number of hydrogen-bond donors (Lipinski definition) is 1. The molecule has 1 amide bonds. The molecule has 0 unspecified atom stereocenters. The molecule has 6 heteroatoms. The first-order chi connectivity index (χ1) is 13.5. The van der Waals surface area contributed by atoms with Gasteiger partial charge in [0.25, 0.3) is 5.91 Å². The van der Waals surface area contributed by atoms with Crippen molar-refractivity contribution in [1.29, 1.82) is 0 Å². The number of halogens is 1. The van der Waals surface area contributed by atoms with E-state index in [9.17, 15) is 4.79 Å². The topological polar surface area (TPSA) is 56.8 Å². The lowest BCUT2D eigenvalue weighted by Crippen LogP contribution is -2.30. The van der Waals surface area contributed by atoms with Crippen LogP contribution >= 0.6 is 11.6 Å². The second-order valence-electron chi connectivity index (χ2n) is 5.98. The van der Waals surface area contributed by atoms with Crippen LogP contribution in [0.25, 0.3) is 0 Å². The summed E-state index contributed by atoms with van der Waals surface area (Å²) in [4.78, 5) is 12.6. The molecule has 0 aliphatic rings. The molecule has 0 aromatic heterocycles. The van der Waals surface area contributed by atoms with Crippen LogP contribution < -0.4 is 19.5 Å². The summed E-state index contributed by atoms with van der Waals surface area (Å²) in [6.45, 7) is 1.67. The minimum absolute atomic E-state index is 0.323. The zero-order valence-electron chi connectivity index (χ0n) is 15.5. The monoisotopic (exact) mass is 397 g/mol. The van der Waals surface area contributed by atoms with E-state index in [0.29, 0.717) is 33.7 Å². The van der Waals surface area contributed by atoms with Gasteiger partial charge in [0.1, 0.15) is 17.2 Å². The molecule has 3 aromatic carbocycles. The summed E-state index contributed by atoms with van der Waals surface area (Å²) in [7, 11) is 1.59. The van der Waals surface area contributed by atoms with E-state index in [1.54, 1.807) is 56.5 Å². The van der Waals surface area contributed by atoms with Crippen molar-refractivity contribution in [3.05, 3.63) is 77.8 Å². The van der Waals surface area contributed by atoms with Crippen LogP contribution in [0.2, 0.25) is 5.02 Å². The van der Waals surface area contributed by atoms with E-state index >= 15 is 0 Å². The van der Waals surface area contributed by atoms with Gasteiger partial charge in [0.2, 0.25) is 0 Å². The average molecular weight is 398 g/mol. The number of nitrogens with one attached hydrogen (secondary N) is 1. The first-order valence-corrected chi connectivity index (χ1v) is 9.07. The van der Waals surface area contributed by atoms with E-state index in [1.807, 2.05) is 30.3 Å². The largest absolute Gasteiger partial charge is 0.497 e. The van der Waals surface area contributed by atoms with Crippen LogP contribution in [0.1, 0.15) is 6.92 Å². The van der Waals surface area contributed by atoms with Gasteiger partial charge >= 0.3 is 0 Å². The van der Waals surface area contributed by atoms with Crippen LogP contribution in [-0.4, -0.2) is 19.1 Å². The summed E-state index contributed by atoms with van der Waals surface area (Å²) in [5.74, 6) is 2.10. The Morgan fingerprint density at radius 2 is 1.61 bits per heavy atom. The highest BCUT2D eigenvalue weighted by Crippen LogP contribution is 2.32. The van der Waals surface area contributed by atoms with Crippen LogP contribution in [0.5, 0.6) is 23.0 Å². The van der Waals surface area contributed by atoms with Crippen molar-refractivity contribution in [2.45, 2.75) is 13.0 Å². The van der Waals surface area contributed by atoms with E-state index in [1.165, 1.54) is 0 Å². The van der Waals surface area contributed by atoms with Gasteiger partial charge < -0.3 is 19.5 Å². The summed E-state index contributed by atoms with van der Waals surface area (Å²) < 4.78 is 16.7. The Morgan fingerprint density at radius 1 is 0.929 bits per heavy atom. The zero-order chi connectivity index (χ0) is 19.9.